The van der Waals surface area contributed by atoms with Gasteiger partial charge >= 0.3 is 0 Å². The van der Waals surface area contributed by atoms with Crippen LogP contribution in [0.25, 0.3) is 5.57 Å². The Bertz CT molecular complexity index is 779. The molecule has 0 saturated carbocycles. The molecule has 0 aliphatic carbocycles. The van der Waals surface area contributed by atoms with Gasteiger partial charge in [-0.25, -0.2) is 0 Å². The van der Waals surface area contributed by atoms with Gasteiger partial charge in [0, 0.05) is 17.2 Å². The van der Waals surface area contributed by atoms with Crippen molar-refractivity contribution in [3.63, 3.8) is 0 Å². The van der Waals surface area contributed by atoms with Crippen LogP contribution in [0, 0.1) is 0 Å². The van der Waals surface area contributed by atoms with Crippen molar-refractivity contribution in [1.29, 1.82) is 0 Å². The summed E-state index contributed by atoms with van der Waals surface area (Å²) in [5.41, 5.74) is 4.68. The minimum atomic E-state index is -0.134. The van der Waals surface area contributed by atoms with E-state index in [0.29, 0.717) is 0 Å². The molecule has 0 amide bonds. The highest BCUT2D eigenvalue weighted by Crippen LogP contribution is 2.44. The van der Waals surface area contributed by atoms with E-state index in [-0.39, 0.29) is 5.60 Å². The zero-order valence-corrected chi connectivity index (χ0v) is 14.9. The number of benzene rings is 1. The first kappa shape index (κ1) is 16.4. The number of allylic oxidation sites excluding steroid dienone is 5. The van der Waals surface area contributed by atoms with Crippen molar-refractivity contribution in [1.82, 2.24) is 0 Å². The van der Waals surface area contributed by atoms with Crippen molar-refractivity contribution in [2.45, 2.75) is 39.2 Å². The van der Waals surface area contributed by atoms with Crippen LogP contribution in [0.2, 0.25) is 0 Å². The Kier molecular flexibility index (Phi) is 4.04. The highest BCUT2D eigenvalue weighted by Gasteiger charge is 2.29. The molecule has 2 aliphatic heterocycles. The maximum absolute atomic E-state index is 6.09. The third-order valence-electron chi connectivity index (χ3n) is 4.54. The Morgan fingerprint density at radius 3 is 2.75 bits per heavy atom. The van der Waals surface area contributed by atoms with Gasteiger partial charge in [0.05, 0.1) is 19.1 Å². The number of hydrogen-bond donors (Lipinski definition) is 0. The molecule has 1 aromatic carbocycles. The maximum Gasteiger partial charge on any atom is 0.138 e. The summed E-state index contributed by atoms with van der Waals surface area (Å²) in [5.74, 6) is 2.48. The molecule has 0 unspecified atom stereocenters. The van der Waals surface area contributed by atoms with Crippen molar-refractivity contribution in [3.05, 3.63) is 65.7 Å². The number of ether oxygens (including phenoxy) is 3. The van der Waals surface area contributed by atoms with Crippen molar-refractivity contribution < 1.29 is 14.2 Å². The molecule has 1 aromatic rings. The first-order valence-corrected chi connectivity index (χ1v) is 8.15. The molecule has 0 atom stereocenters. The second kappa shape index (κ2) is 5.90. The molecule has 0 radical (unpaired) electrons. The predicted octanol–water partition coefficient (Wildman–Crippen LogP) is 5.19. The topological polar surface area (TPSA) is 27.7 Å². The van der Waals surface area contributed by atoms with Crippen LogP contribution in [-0.4, -0.2) is 12.7 Å². The van der Waals surface area contributed by atoms with Crippen LogP contribution in [0.15, 0.2) is 54.5 Å². The second-order valence-corrected chi connectivity index (χ2v) is 6.93. The molecular formula is C21H24O3. The van der Waals surface area contributed by atoms with Gasteiger partial charge in [-0.2, -0.15) is 0 Å². The van der Waals surface area contributed by atoms with Gasteiger partial charge in [0.15, 0.2) is 0 Å². The molecule has 0 saturated heterocycles. The molecule has 3 heteroatoms. The molecule has 0 bridgehead atoms. The Hall–Kier alpha value is -2.42. The summed E-state index contributed by atoms with van der Waals surface area (Å²) < 4.78 is 17.1. The van der Waals surface area contributed by atoms with Crippen LogP contribution in [0.3, 0.4) is 0 Å². The van der Waals surface area contributed by atoms with Gasteiger partial charge in [0.2, 0.25) is 0 Å². The molecule has 0 fully saturated rings. The minimum absolute atomic E-state index is 0.134. The minimum Gasteiger partial charge on any atom is -0.501 e. The van der Waals surface area contributed by atoms with Crippen molar-refractivity contribution in [3.8, 4) is 11.5 Å². The average Bonchev–Trinajstić information content (AvgIpc) is 2.52. The quantitative estimate of drug-likeness (QED) is 0.566. The van der Waals surface area contributed by atoms with Crippen LogP contribution in [0.1, 0.15) is 38.3 Å². The normalized spacial score (nSPS) is 18.6. The van der Waals surface area contributed by atoms with Gasteiger partial charge in [0.1, 0.15) is 17.1 Å². The molecule has 2 aliphatic rings. The smallest absolute Gasteiger partial charge is 0.138 e. The Balaban J connectivity index is 1.94. The van der Waals surface area contributed by atoms with E-state index in [2.05, 4.69) is 33.1 Å². The number of rotatable bonds is 3. The van der Waals surface area contributed by atoms with E-state index in [0.717, 1.165) is 52.4 Å². The van der Waals surface area contributed by atoms with Gasteiger partial charge in [-0.15, -0.1) is 0 Å². The van der Waals surface area contributed by atoms with Gasteiger partial charge in [-0.1, -0.05) is 13.2 Å². The lowest BCUT2D eigenvalue weighted by Gasteiger charge is -2.33. The Labute approximate surface area is 143 Å². The fourth-order valence-electron chi connectivity index (χ4n) is 3.00. The molecular weight excluding hydrogens is 300 g/mol. The van der Waals surface area contributed by atoms with E-state index >= 15 is 0 Å². The SMILES string of the molecule is C=C(C=C(C)OC)C1=COc2cc3c(cc2C1=C)CCC(C)(C)O3. The fraction of sp³-hybridized carbons (Fsp3) is 0.333. The largest absolute Gasteiger partial charge is 0.501 e. The zero-order valence-electron chi connectivity index (χ0n) is 14.9. The molecule has 24 heavy (non-hydrogen) atoms. The van der Waals surface area contributed by atoms with E-state index in [9.17, 15) is 0 Å². The van der Waals surface area contributed by atoms with Crippen molar-refractivity contribution >= 4 is 5.57 Å². The Morgan fingerprint density at radius 1 is 1.29 bits per heavy atom. The molecule has 3 rings (SSSR count). The molecule has 2 heterocycles. The monoisotopic (exact) mass is 324 g/mol. The van der Waals surface area contributed by atoms with E-state index < -0.39 is 0 Å². The van der Waals surface area contributed by atoms with Gasteiger partial charge in [-0.05, 0) is 62.5 Å². The number of methoxy groups -OCH3 is 1. The summed E-state index contributed by atoms with van der Waals surface area (Å²) in [7, 11) is 1.64. The van der Waals surface area contributed by atoms with Crippen LogP contribution in [0.5, 0.6) is 11.5 Å². The van der Waals surface area contributed by atoms with Crippen LogP contribution >= 0.6 is 0 Å². The van der Waals surface area contributed by atoms with E-state index in [4.69, 9.17) is 14.2 Å². The Morgan fingerprint density at radius 2 is 2.04 bits per heavy atom. The standard InChI is InChI=1S/C21H24O3/c1-13(9-14(2)22-6)18-12-23-20-11-19-16(10-17(20)15(18)3)7-8-21(4,5)24-19/h9-12H,1,3,7-8H2,2,4-6H3. The summed E-state index contributed by atoms with van der Waals surface area (Å²) in [6.07, 6.45) is 5.57. The highest BCUT2D eigenvalue weighted by atomic mass is 16.5. The first-order valence-electron chi connectivity index (χ1n) is 8.15. The van der Waals surface area contributed by atoms with Crippen molar-refractivity contribution in [2.24, 2.45) is 0 Å². The summed E-state index contributed by atoms with van der Waals surface area (Å²) in [5, 5.41) is 0. The highest BCUT2D eigenvalue weighted by molar-refractivity contribution is 5.87. The third-order valence-corrected chi connectivity index (χ3v) is 4.54. The lowest BCUT2D eigenvalue weighted by atomic mass is 9.88. The molecule has 126 valence electrons. The van der Waals surface area contributed by atoms with Crippen LogP contribution < -0.4 is 9.47 Å². The summed E-state index contributed by atoms with van der Waals surface area (Å²) in [4.78, 5) is 0. The van der Waals surface area contributed by atoms with Gasteiger partial charge in [0.25, 0.3) is 0 Å². The van der Waals surface area contributed by atoms with Crippen LogP contribution in [0.4, 0.5) is 0 Å². The van der Waals surface area contributed by atoms with E-state index in [1.165, 1.54) is 5.56 Å². The molecule has 0 spiro atoms. The number of fused-ring (bicyclic) bond motifs is 2. The lowest BCUT2D eigenvalue weighted by Crippen LogP contribution is -2.32. The predicted molar refractivity (Wildman–Crippen MR) is 97.1 cm³/mol. The van der Waals surface area contributed by atoms with Crippen LogP contribution in [-0.2, 0) is 11.2 Å². The molecule has 0 aromatic heterocycles. The molecule has 0 N–H and O–H groups in total. The average molecular weight is 324 g/mol. The van der Waals surface area contributed by atoms with Gasteiger partial charge < -0.3 is 14.2 Å². The molecule has 3 nitrogen and oxygen atoms in total. The number of hydrogen-bond acceptors (Lipinski definition) is 3. The van der Waals surface area contributed by atoms with E-state index in [1.807, 2.05) is 19.1 Å². The fourth-order valence-corrected chi connectivity index (χ4v) is 3.00. The maximum atomic E-state index is 6.09. The summed E-state index contributed by atoms with van der Waals surface area (Å²) >= 11 is 0. The lowest BCUT2D eigenvalue weighted by molar-refractivity contribution is 0.0844. The van der Waals surface area contributed by atoms with E-state index in [1.54, 1.807) is 13.4 Å². The summed E-state index contributed by atoms with van der Waals surface area (Å²) in [6, 6.07) is 4.11. The summed E-state index contributed by atoms with van der Waals surface area (Å²) in [6.45, 7) is 14.5. The van der Waals surface area contributed by atoms with Gasteiger partial charge in [-0.3, -0.25) is 0 Å². The number of aryl methyl sites for hydroxylation is 1. The second-order valence-electron chi connectivity index (χ2n) is 6.93. The zero-order chi connectivity index (χ0) is 17.5. The third kappa shape index (κ3) is 2.99. The first-order chi connectivity index (χ1) is 11.3. The van der Waals surface area contributed by atoms with Crippen molar-refractivity contribution in [2.75, 3.05) is 7.11 Å².